The first-order valence-corrected chi connectivity index (χ1v) is 9.58. The third-order valence-electron chi connectivity index (χ3n) is 2.31. The number of hydrogen-bond acceptors (Lipinski definition) is 3. The Morgan fingerprint density at radius 3 is 2.58 bits per heavy atom. The largest absolute Gasteiger partial charge is 0.278 e. The third-order valence-corrected chi connectivity index (χ3v) is 6.47. The maximum atomic E-state index is 12.3. The van der Waals surface area contributed by atoms with Crippen molar-refractivity contribution < 1.29 is 8.42 Å². The van der Waals surface area contributed by atoms with Crippen molar-refractivity contribution in [3.63, 3.8) is 0 Å². The molecule has 3 nitrogen and oxygen atoms in total. The van der Waals surface area contributed by atoms with Crippen LogP contribution in [0.4, 0.5) is 5.69 Å². The maximum absolute atomic E-state index is 12.3. The highest BCUT2D eigenvalue weighted by molar-refractivity contribution is 14.1. The van der Waals surface area contributed by atoms with Gasteiger partial charge in [0.15, 0.2) is 0 Å². The molecule has 0 radical (unpaired) electrons. The number of halogens is 3. The van der Waals surface area contributed by atoms with Gasteiger partial charge in [-0.2, -0.15) is 0 Å². The number of aryl methyl sites for hydroxylation is 1. The highest BCUT2D eigenvalue weighted by Crippen LogP contribution is 2.32. The van der Waals surface area contributed by atoms with Gasteiger partial charge in [-0.1, -0.05) is 11.6 Å². The van der Waals surface area contributed by atoms with E-state index in [0.717, 1.165) is 12.2 Å². The first-order valence-electron chi connectivity index (χ1n) is 5.03. The summed E-state index contributed by atoms with van der Waals surface area (Å²) in [6.07, 6.45) is 0. The van der Waals surface area contributed by atoms with Crippen LogP contribution in [-0.2, 0) is 10.0 Å². The van der Waals surface area contributed by atoms with Crippen LogP contribution in [0.5, 0.6) is 0 Å². The molecule has 0 fully saturated rings. The molecule has 0 spiro atoms. The molecule has 1 N–H and O–H groups in total. The van der Waals surface area contributed by atoms with Crippen LogP contribution in [0.1, 0.15) is 4.88 Å². The number of thiophene rings is 1. The summed E-state index contributed by atoms with van der Waals surface area (Å²) in [6.45, 7) is 1.76. The van der Waals surface area contributed by atoms with Crippen LogP contribution in [0.25, 0.3) is 0 Å². The Morgan fingerprint density at radius 1 is 1.37 bits per heavy atom. The van der Waals surface area contributed by atoms with E-state index in [9.17, 15) is 8.42 Å². The first-order chi connectivity index (χ1) is 8.79. The minimum atomic E-state index is -3.61. The van der Waals surface area contributed by atoms with Crippen molar-refractivity contribution in [2.75, 3.05) is 4.72 Å². The SMILES string of the molecule is Cc1sc(Br)cc1S(=O)(=O)Nc1ccc(I)cc1Cl. The summed E-state index contributed by atoms with van der Waals surface area (Å²) in [5.41, 5.74) is 0.379. The molecule has 0 aliphatic heterocycles. The molecule has 2 aromatic rings. The Kier molecular flexibility index (Phi) is 4.82. The van der Waals surface area contributed by atoms with Crippen molar-refractivity contribution >= 4 is 77.2 Å². The molecule has 102 valence electrons. The van der Waals surface area contributed by atoms with Crippen LogP contribution >= 0.6 is 61.5 Å². The Bertz CT molecular complexity index is 730. The van der Waals surface area contributed by atoms with Gasteiger partial charge in [0.1, 0.15) is 4.90 Å². The van der Waals surface area contributed by atoms with E-state index in [0.29, 0.717) is 10.7 Å². The van der Waals surface area contributed by atoms with Crippen molar-refractivity contribution in [1.82, 2.24) is 0 Å². The minimum absolute atomic E-state index is 0.263. The number of benzene rings is 1. The Labute approximate surface area is 142 Å². The monoisotopic (exact) mass is 491 g/mol. The van der Waals surface area contributed by atoms with Gasteiger partial charge >= 0.3 is 0 Å². The summed E-state index contributed by atoms with van der Waals surface area (Å²) in [7, 11) is -3.61. The molecule has 0 saturated carbocycles. The summed E-state index contributed by atoms with van der Waals surface area (Å²) in [6, 6.07) is 6.73. The van der Waals surface area contributed by atoms with Gasteiger partial charge < -0.3 is 0 Å². The van der Waals surface area contributed by atoms with E-state index in [4.69, 9.17) is 11.6 Å². The lowest BCUT2D eigenvalue weighted by Crippen LogP contribution is -2.13. The lowest BCUT2D eigenvalue weighted by Gasteiger charge is -2.09. The van der Waals surface area contributed by atoms with Crippen molar-refractivity contribution in [2.24, 2.45) is 0 Å². The topological polar surface area (TPSA) is 46.2 Å². The van der Waals surface area contributed by atoms with Crippen molar-refractivity contribution in [2.45, 2.75) is 11.8 Å². The summed E-state index contributed by atoms with van der Waals surface area (Å²) in [5, 5.41) is 0.377. The Morgan fingerprint density at radius 2 is 2.05 bits per heavy atom. The Balaban J connectivity index is 2.39. The molecule has 8 heteroatoms. The predicted octanol–water partition coefficient (Wildman–Crippen LogP) is 4.88. The molecule has 0 saturated heterocycles. The summed E-state index contributed by atoms with van der Waals surface area (Å²) in [4.78, 5) is 0.986. The van der Waals surface area contributed by atoms with Gasteiger partial charge in [-0.05, 0) is 69.7 Å². The molecule has 2 rings (SSSR count). The number of nitrogens with one attached hydrogen (secondary N) is 1. The lowest BCUT2D eigenvalue weighted by molar-refractivity contribution is 0.601. The molecular formula is C11H8BrClINO2S2. The first kappa shape index (κ1) is 15.6. The van der Waals surface area contributed by atoms with Crippen LogP contribution in [0.15, 0.2) is 32.9 Å². The molecule has 0 unspecified atom stereocenters. The van der Waals surface area contributed by atoms with E-state index in [2.05, 4.69) is 43.2 Å². The van der Waals surface area contributed by atoms with Crippen LogP contribution in [0.2, 0.25) is 5.02 Å². The van der Waals surface area contributed by atoms with Crippen molar-refractivity contribution in [3.05, 3.63) is 41.5 Å². The second kappa shape index (κ2) is 5.88. The lowest BCUT2D eigenvalue weighted by atomic mass is 10.3. The van der Waals surface area contributed by atoms with Gasteiger partial charge in [0.05, 0.1) is 14.5 Å². The van der Waals surface area contributed by atoms with E-state index >= 15 is 0 Å². The van der Waals surface area contributed by atoms with E-state index in [-0.39, 0.29) is 4.90 Å². The van der Waals surface area contributed by atoms with Crippen molar-refractivity contribution in [3.8, 4) is 0 Å². The zero-order valence-electron chi connectivity index (χ0n) is 9.58. The highest BCUT2D eigenvalue weighted by atomic mass is 127. The smallest absolute Gasteiger partial charge is 0.263 e. The van der Waals surface area contributed by atoms with E-state index in [1.54, 1.807) is 31.2 Å². The minimum Gasteiger partial charge on any atom is -0.278 e. The van der Waals surface area contributed by atoms with Gasteiger partial charge in [0.25, 0.3) is 10.0 Å². The molecule has 1 heterocycles. The second-order valence-corrected chi connectivity index (χ2v) is 9.64. The standard InChI is InChI=1S/C11H8BrClINO2S2/c1-6-10(5-11(12)18-6)19(16,17)15-9-3-2-7(14)4-8(9)13/h2-5,15H,1H3. The molecule has 19 heavy (non-hydrogen) atoms. The zero-order valence-corrected chi connectivity index (χ0v) is 15.7. The van der Waals surface area contributed by atoms with Crippen LogP contribution < -0.4 is 4.72 Å². The van der Waals surface area contributed by atoms with Crippen LogP contribution in [-0.4, -0.2) is 8.42 Å². The van der Waals surface area contributed by atoms with Gasteiger partial charge in [0.2, 0.25) is 0 Å². The molecule has 0 aliphatic carbocycles. The van der Waals surface area contributed by atoms with Gasteiger partial charge in [-0.3, -0.25) is 4.72 Å². The number of rotatable bonds is 3. The fourth-order valence-corrected chi connectivity index (χ4v) is 5.92. The number of hydrogen-bond donors (Lipinski definition) is 1. The number of sulfonamides is 1. The Hall–Kier alpha value is 0.170. The van der Waals surface area contributed by atoms with E-state index in [1.807, 2.05) is 0 Å². The van der Waals surface area contributed by atoms with Gasteiger partial charge in [0, 0.05) is 8.45 Å². The second-order valence-electron chi connectivity index (χ2n) is 3.70. The van der Waals surface area contributed by atoms with E-state index in [1.165, 1.54) is 11.3 Å². The fourth-order valence-electron chi connectivity index (χ4n) is 1.47. The quantitative estimate of drug-likeness (QED) is 0.621. The molecule has 0 atom stereocenters. The maximum Gasteiger partial charge on any atom is 0.263 e. The van der Waals surface area contributed by atoms with E-state index < -0.39 is 10.0 Å². The normalized spacial score (nSPS) is 11.6. The summed E-state index contributed by atoms with van der Waals surface area (Å²) in [5.74, 6) is 0. The fraction of sp³-hybridized carbons (Fsp3) is 0.0909. The summed E-state index contributed by atoms with van der Waals surface area (Å²) < 4.78 is 28.8. The molecular weight excluding hydrogens is 485 g/mol. The van der Waals surface area contributed by atoms with Crippen LogP contribution in [0, 0.1) is 10.5 Å². The molecule has 0 bridgehead atoms. The summed E-state index contributed by atoms with van der Waals surface area (Å²) >= 11 is 12.8. The molecule has 0 amide bonds. The predicted molar refractivity (Wildman–Crippen MR) is 91.7 cm³/mol. The van der Waals surface area contributed by atoms with Crippen LogP contribution in [0.3, 0.4) is 0 Å². The highest BCUT2D eigenvalue weighted by Gasteiger charge is 2.20. The molecule has 0 aliphatic rings. The average Bonchev–Trinajstić information content (AvgIpc) is 2.63. The van der Waals surface area contributed by atoms with Gasteiger partial charge in [-0.25, -0.2) is 8.42 Å². The zero-order chi connectivity index (χ0) is 14.2. The van der Waals surface area contributed by atoms with Gasteiger partial charge in [-0.15, -0.1) is 11.3 Å². The molecule has 1 aromatic carbocycles. The van der Waals surface area contributed by atoms with Crippen molar-refractivity contribution in [1.29, 1.82) is 0 Å². The number of anilines is 1. The molecule has 1 aromatic heterocycles. The third kappa shape index (κ3) is 3.63. The average molecular weight is 493 g/mol.